The molecule has 0 aromatic carbocycles. The Bertz CT molecular complexity index is 1450. The van der Waals surface area contributed by atoms with Gasteiger partial charge in [0.1, 0.15) is 0 Å². The van der Waals surface area contributed by atoms with Crippen LogP contribution in [0.4, 0.5) is 5.95 Å². The zero-order chi connectivity index (χ0) is 28.0. The first-order chi connectivity index (χ1) is 16.9. The molecule has 0 spiro atoms. The normalized spacial score (nSPS) is 28.3. The molecule has 3 rings (SSSR count). The first-order valence-corrected chi connectivity index (χ1v) is 14.8. The van der Waals surface area contributed by atoms with Crippen LogP contribution in [0.5, 0.6) is 0 Å². The van der Waals surface area contributed by atoms with Gasteiger partial charge in [-0.2, -0.15) is 13.6 Å². The third kappa shape index (κ3) is 6.49. The molecule has 1 aliphatic heterocycles. The number of phosphoric ester groups is 1. The molecule has 0 bridgehead atoms. The Kier molecular flexibility index (Phi) is 8.46. The van der Waals surface area contributed by atoms with Crippen LogP contribution in [0.25, 0.3) is 11.2 Å². The van der Waals surface area contributed by atoms with Crippen molar-refractivity contribution in [1.29, 1.82) is 0 Å². The molecule has 1 aliphatic rings. The van der Waals surface area contributed by atoms with Crippen molar-refractivity contribution in [1.82, 2.24) is 19.5 Å². The fourth-order valence-corrected chi connectivity index (χ4v) is 7.38. The van der Waals surface area contributed by atoms with Crippen LogP contribution in [0.15, 0.2) is 11.1 Å². The molecule has 1 fully saturated rings. The Balaban J connectivity index is 1.97. The van der Waals surface area contributed by atoms with Gasteiger partial charge in [0.25, 0.3) is 5.56 Å². The number of imidazole rings is 1. The highest BCUT2D eigenvalue weighted by Gasteiger charge is 2.58. The lowest BCUT2D eigenvalue weighted by molar-refractivity contribution is -0.0641. The molecule has 18 nitrogen and oxygen atoms in total. The summed E-state index contributed by atoms with van der Waals surface area (Å²) in [6.07, 6.45) is -3.10. The number of halogens is 1. The fraction of sp³-hybridized carbons (Fsp3) is 0.533. The van der Waals surface area contributed by atoms with Gasteiger partial charge < -0.3 is 35.2 Å². The van der Waals surface area contributed by atoms with Crippen LogP contribution in [-0.4, -0.2) is 67.9 Å². The first-order valence-electron chi connectivity index (χ1n) is 9.86. The monoisotopic (exact) mass is 607 g/mol. The maximum atomic E-state index is 12.3. The van der Waals surface area contributed by atoms with Crippen LogP contribution in [0.2, 0.25) is 0 Å². The van der Waals surface area contributed by atoms with Gasteiger partial charge in [0.2, 0.25) is 5.95 Å². The molecular weight excluding hydrogens is 587 g/mol. The molecule has 0 aliphatic carbocycles. The summed E-state index contributed by atoms with van der Waals surface area (Å²) in [4.78, 5) is 57.2. The summed E-state index contributed by atoms with van der Waals surface area (Å²) in [6.45, 7) is 1.87. The summed E-state index contributed by atoms with van der Waals surface area (Å²) >= 11 is 6.80. The van der Waals surface area contributed by atoms with Gasteiger partial charge in [-0.25, -0.2) is 18.7 Å². The standard InChI is InChI=1S/C15H21ClN5O13P3/c1-3-4-15(16)8(5-22)10(7(2)32-36(27,28)34-37(29,30)33-35(24,25)26)31-13(15)21-6-18-9-11(21)19-14(17)20-12(9)23/h6-8,10,13,22H,5H2,1-2H3,(H,27,28)(H,29,30)(H2,24,25,26)(H3,17,19,20,23)/t7-,8?,10-,13-,15?/m1/s1. The van der Waals surface area contributed by atoms with Crippen LogP contribution in [0.3, 0.4) is 0 Å². The van der Waals surface area contributed by atoms with Gasteiger partial charge in [0, 0.05) is 5.92 Å². The Hall–Kier alpha value is -1.67. The van der Waals surface area contributed by atoms with E-state index in [-0.39, 0.29) is 17.1 Å². The van der Waals surface area contributed by atoms with Crippen molar-refractivity contribution in [3.8, 4) is 11.8 Å². The molecule has 0 radical (unpaired) electrons. The van der Waals surface area contributed by atoms with Gasteiger partial charge in [0.15, 0.2) is 22.3 Å². The van der Waals surface area contributed by atoms with E-state index in [0.717, 1.165) is 13.3 Å². The first kappa shape index (κ1) is 29.9. The largest absolute Gasteiger partial charge is 0.490 e. The minimum atomic E-state index is -5.78. The average molecular weight is 608 g/mol. The number of rotatable bonds is 9. The number of anilines is 1. The molecule has 3 heterocycles. The van der Waals surface area contributed by atoms with E-state index in [0.29, 0.717) is 0 Å². The Morgan fingerprint density at radius 3 is 2.51 bits per heavy atom. The highest BCUT2D eigenvalue weighted by Crippen LogP contribution is 2.67. The Morgan fingerprint density at radius 1 is 1.30 bits per heavy atom. The SMILES string of the molecule is CC#CC1(Cl)C(CO)[C@@H]([C@@H](C)OP(=O)(O)OP(=O)(O)OP(=O)(O)O)O[C@H]1n1cnc2c(=O)[nH]c(N)nc21. The van der Waals surface area contributed by atoms with Crippen molar-refractivity contribution in [2.45, 2.75) is 37.2 Å². The van der Waals surface area contributed by atoms with Crippen molar-refractivity contribution in [3.05, 3.63) is 16.7 Å². The zero-order valence-corrected chi connectivity index (χ0v) is 22.2. The zero-order valence-electron chi connectivity index (χ0n) is 18.7. The molecule has 1 saturated heterocycles. The number of nitrogens with two attached hydrogens (primary N) is 1. The molecule has 2 aromatic heterocycles. The molecule has 37 heavy (non-hydrogen) atoms. The van der Waals surface area contributed by atoms with E-state index < -0.39 is 64.9 Å². The molecule has 7 atom stereocenters. The van der Waals surface area contributed by atoms with Crippen molar-refractivity contribution in [2.24, 2.45) is 5.92 Å². The number of phosphoric acid groups is 3. The summed E-state index contributed by atoms with van der Waals surface area (Å²) in [6, 6.07) is 0. The lowest BCUT2D eigenvalue weighted by Crippen LogP contribution is -2.41. The van der Waals surface area contributed by atoms with E-state index in [4.69, 9.17) is 36.4 Å². The number of aromatic amines is 1. The van der Waals surface area contributed by atoms with Gasteiger partial charge in [0.05, 0.1) is 25.1 Å². The summed E-state index contributed by atoms with van der Waals surface area (Å²) in [7, 11) is -16.9. The number of ether oxygens (including phenoxy) is 1. The summed E-state index contributed by atoms with van der Waals surface area (Å²) in [5, 5.41) is 10.1. The summed E-state index contributed by atoms with van der Waals surface area (Å²) < 4.78 is 54.1. The smallest absolute Gasteiger partial charge is 0.396 e. The number of nitrogens with zero attached hydrogens (tertiary/aromatic N) is 3. The van der Waals surface area contributed by atoms with Gasteiger partial charge in [-0.05, 0) is 13.8 Å². The van der Waals surface area contributed by atoms with Gasteiger partial charge in [-0.1, -0.05) is 17.5 Å². The van der Waals surface area contributed by atoms with E-state index in [9.17, 15) is 33.4 Å². The number of aromatic nitrogens is 4. The van der Waals surface area contributed by atoms with E-state index in [1.807, 2.05) is 0 Å². The van der Waals surface area contributed by atoms with E-state index >= 15 is 0 Å². The third-order valence-corrected chi connectivity index (χ3v) is 9.46. The summed E-state index contributed by atoms with van der Waals surface area (Å²) in [5.41, 5.74) is 4.76. The van der Waals surface area contributed by atoms with Crippen LogP contribution in [-0.2, 0) is 31.6 Å². The second kappa shape index (κ2) is 10.5. The van der Waals surface area contributed by atoms with Gasteiger partial charge in [-0.3, -0.25) is 18.9 Å². The molecule has 2 aromatic rings. The van der Waals surface area contributed by atoms with Crippen LogP contribution >= 0.6 is 35.1 Å². The Labute approximate surface area is 212 Å². The minimum Gasteiger partial charge on any atom is -0.396 e. The van der Waals surface area contributed by atoms with E-state index in [2.05, 4.69) is 35.4 Å². The van der Waals surface area contributed by atoms with Crippen LogP contribution in [0.1, 0.15) is 20.1 Å². The van der Waals surface area contributed by atoms with Crippen LogP contribution in [0, 0.1) is 17.8 Å². The molecule has 8 N–H and O–H groups in total. The fourth-order valence-electron chi connectivity index (χ4n) is 3.74. The van der Waals surface area contributed by atoms with Crippen molar-refractivity contribution in [3.63, 3.8) is 0 Å². The number of alkyl halides is 1. The highest BCUT2D eigenvalue weighted by molar-refractivity contribution is 7.66. The van der Waals surface area contributed by atoms with Crippen LogP contribution < -0.4 is 11.3 Å². The number of nitrogen functional groups attached to an aromatic ring is 1. The topological polar surface area (TPSA) is 279 Å². The number of hydrogen-bond donors (Lipinski definition) is 7. The second-order valence-electron chi connectivity index (χ2n) is 7.56. The number of hydrogen-bond acceptors (Lipinski definition) is 12. The second-order valence-corrected chi connectivity index (χ2v) is 12.6. The predicted octanol–water partition coefficient (Wildman–Crippen LogP) is -0.0596. The maximum Gasteiger partial charge on any atom is 0.490 e. The number of aliphatic hydroxyl groups excluding tert-OH is 1. The number of fused-ring (bicyclic) bond motifs is 1. The van der Waals surface area contributed by atoms with Gasteiger partial charge in [-0.15, -0.1) is 5.92 Å². The average Bonchev–Trinajstić information content (AvgIpc) is 3.23. The molecule has 0 amide bonds. The lowest BCUT2D eigenvalue weighted by Gasteiger charge is -2.29. The molecule has 22 heteroatoms. The third-order valence-electron chi connectivity index (χ3n) is 4.98. The van der Waals surface area contributed by atoms with Crippen molar-refractivity contribution >= 4 is 52.2 Å². The maximum absolute atomic E-state index is 12.3. The number of H-pyrrole nitrogens is 1. The van der Waals surface area contributed by atoms with Crippen molar-refractivity contribution in [2.75, 3.05) is 12.3 Å². The number of nitrogens with one attached hydrogen (secondary N) is 1. The summed E-state index contributed by atoms with van der Waals surface area (Å²) in [5.74, 6) is 3.87. The molecule has 4 unspecified atom stereocenters. The molecule has 206 valence electrons. The quantitative estimate of drug-likeness (QED) is 0.112. The van der Waals surface area contributed by atoms with Crippen molar-refractivity contribution < 1.29 is 56.3 Å². The number of aliphatic hydroxyl groups is 1. The Morgan fingerprint density at radius 2 is 1.95 bits per heavy atom. The molecular formula is C15H21ClN5O13P3. The minimum absolute atomic E-state index is 0.0629. The van der Waals surface area contributed by atoms with E-state index in [1.165, 1.54) is 11.5 Å². The predicted molar refractivity (Wildman–Crippen MR) is 123 cm³/mol. The van der Waals surface area contributed by atoms with E-state index in [1.54, 1.807) is 0 Å². The highest BCUT2D eigenvalue weighted by atomic mass is 35.5. The molecule has 0 saturated carbocycles. The van der Waals surface area contributed by atoms with Gasteiger partial charge >= 0.3 is 23.5 Å². The lowest BCUT2D eigenvalue weighted by atomic mass is 9.87.